The first kappa shape index (κ1) is 25.9. The van der Waals surface area contributed by atoms with Crippen molar-refractivity contribution >= 4 is 11.4 Å². The average Bonchev–Trinajstić information content (AvgIpc) is 3.86. The zero-order chi connectivity index (χ0) is 27.3. The van der Waals surface area contributed by atoms with Gasteiger partial charge in [-0.05, 0) is 79.3 Å². The molecule has 2 saturated heterocycles. The minimum atomic E-state index is 0.929. The lowest BCUT2D eigenvalue weighted by atomic mass is 10.0. The molecule has 4 heterocycles. The summed E-state index contributed by atoms with van der Waals surface area (Å²) in [6.45, 7) is 8.64. The molecule has 0 aliphatic carbocycles. The quantitative estimate of drug-likeness (QED) is 0.233. The van der Waals surface area contributed by atoms with Gasteiger partial charge in [0.05, 0.1) is 22.8 Å². The topological polar surface area (TPSA) is 63.8 Å². The van der Waals surface area contributed by atoms with Crippen molar-refractivity contribution in [2.24, 2.45) is 0 Å². The van der Waals surface area contributed by atoms with Crippen LogP contribution < -0.4 is 9.80 Å². The molecule has 2 N–H and O–H groups in total. The lowest BCUT2D eigenvalue weighted by Crippen LogP contribution is -2.17. The van der Waals surface area contributed by atoms with Crippen molar-refractivity contribution < 1.29 is 0 Å². The smallest absolute Gasteiger partial charge is 0.0927 e. The highest BCUT2D eigenvalue weighted by atomic mass is 15.2. The van der Waals surface area contributed by atoms with E-state index in [2.05, 4.69) is 115 Å². The first-order valence-electron chi connectivity index (χ1n) is 14.7. The summed E-state index contributed by atoms with van der Waals surface area (Å²) >= 11 is 0. The number of anilines is 2. The van der Waals surface area contributed by atoms with Gasteiger partial charge < -0.3 is 9.80 Å². The average molecular weight is 531 g/mol. The van der Waals surface area contributed by atoms with Crippen LogP contribution in [-0.4, -0.2) is 46.6 Å². The Morgan fingerprint density at radius 1 is 0.500 bits per heavy atom. The normalized spacial score (nSPS) is 14.8. The Balaban J connectivity index is 0.00000142. The van der Waals surface area contributed by atoms with Crippen molar-refractivity contribution in [2.75, 3.05) is 36.0 Å². The SMILES string of the molecule is CC.c1cc(-c2cc(-c3ccc(N4CCCC4)cc3)[nH]n2)cc(-c2cc(-c3ccc(N4CCCC4)cc3)[nH]n2)c1. The van der Waals surface area contributed by atoms with E-state index in [1.807, 2.05) is 13.8 Å². The Kier molecular flexibility index (Phi) is 7.67. The largest absolute Gasteiger partial charge is 0.372 e. The zero-order valence-corrected chi connectivity index (χ0v) is 23.5. The second kappa shape index (κ2) is 11.8. The maximum atomic E-state index is 4.62. The summed E-state index contributed by atoms with van der Waals surface area (Å²) in [5.74, 6) is 0. The van der Waals surface area contributed by atoms with E-state index in [1.54, 1.807) is 0 Å². The number of aromatic amines is 2. The van der Waals surface area contributed by atoms with Gasteiger partial charge in [-0.15, -0.1) is 0 Å². The molecular weight excluding hydrogens is 492 g/mol. The number of hydrogen-bond donors (Lipinski definition) is 2. The number of nitrogens with zero attached hydrogens (tertiary/aromatic N) is 4. The molecule has 0 atom stereocenters. The van der Waals surface area contributed by atoms with E-state index in [4.69, 9.17) is 0 Å². The van der Waals surface area contributed by atoms with E-state index in [9.17, 15) is 0 Å². The molecule has 0 bridgehead atoms. The molecule has 6 heteroatoms. The van der Waals surface area contributed by atoms with Crippen molar-refractivity contribution in [1.29, 1.82) is 0 Å². The van der Waals surface area contributed by atoms with E-state index in [-0.39, 0.29) is 0 Å². The van der Waals surface area contributed by atoms with Crippen LogP contribution in [0.2, 0.25) is 0 Å². The molecule has 3 aromatic carbocycles. The highest BCUT2D eigenvalue weighted by Gasteiger charge is 2.15. The van der Waals surface area contributed by atoms with Crippen LogP contribution >= 0.6 is 0 Å². The summed E-state index contributed by atoms with van der Waals surface area (Å²) < 4.78 is 0. The maximum absolute atomic E-state index is 4.62. The van der Waals surface area contributed by atoms with Gasteiger partial charge >= 0.3 is 0 Å². The molecule has 204 valence electrons. The molecule has 0 amide bonds. The number of benzene rings is 3. The van der Waals surface area contributed by atoms with Gasteiger partial charge in [-0.1, -0.05) is 56.3 Å². The van der Waals surface area contributed by atoms with Crippen LogP contribution in [0.1, 0.15) is 39.5 Å². The second-order valence-electron chi connectivity index (χ2n) is 10.4. The molecule has 2 aromatic heterocycles. The lowest BCUT2D eigenvalue weighted by molar-refractivity contribution is 0.949. The Morgan fingerprint density at radius 3 is 1.30 bits per heavy atom. The van der Waals surface area contributed by atoms with Crippen molar-refractivity contribution in [3.8, 4) is 45.0 Å². The minimum Gasteiger partial charge on any atom is -0.372 e. The van der Waals surface area contributed by atoms with Crippen molar-refractivity contribution in [1.82, 2.24) is 20.4 Å². The van der Waals surface area contributed by atoms with Crippen molar-refractivity contribution in [3.63, 3.8) is 0 Å². The minimum absolute atomic E-state index is 0.929. The molecule has 0 spiro atoms. The predicted octanol–water partition coefficient (Wildman–Crippen LogP) is 8.03. The van der Waals surface area contributed by atoms with Gasteiger partial charge in [0.15, 0.2) is 0 Å². The standard InChI is InChI=1S/C32H32N6.C2H6/c1-2-17-37(16-1)27-12-8-23(9-13-27)29-21-31(35-33-29)25-6-5-7-26(20-25)32-22-30(34-36-32)24-10-14-28(15-11-24)38-18-3-4-19-38;1-2/h5-15,20-22H,1-4,16-19H2,(H,33,35)(H,34,36);1-2H3. The summed E-state index contributed by atoms with van der Waals surface area (Å²) in [5.41, 5.74) is 11.0. The third-order valence-electron chi connectivity index (χ3n) is 7.91. The number of H-pyrrole nitrogens is 2. The molecule has 0 saturated carbocycles. The van der Waals surface area contributed by atoms with Crippen LogP contribution in [0.5, 0.6) is 0 Å². The summed E-state index contributed by atoms with van der Waals surface area (Å²) in [5, 5.41) is 15.7. The Hall–Kier alpha value is -4.32. The van der Waals surface area contributed by atoms with Crippen LogP contribution in [0, 0.1) is 0 Å². The molecule has 0 unspecified atom stereocenters. The summed E-state index contributed by atoms with van der Waals surface area (Å²) in [4.78, 5) is 4.91. The Morgan fingerprint density at radius 2 is 0.900 bits per heavy atom. The monoisotopic (exact) mass is 530 g/mol. The molecule has 2 aliphatic rings. The van der Waals surface area contributed by atoms with Crippen LogP contribution in [0.15, 0.2) is 84.9 Å². The number of rotatable bonds is 6. The van der Waals surface area contributed by atoms with Crippen LogP contribution in [0.3, 0.4) is 0 Å². The van der Waals surface area contributed by atoms with Crippen LogP contribution in [-0.2, 0) is 0 Å². The fraction of sp³-hybridized carbons (Fsp3) is 0.294. The molecule has 2 aliphatic heterocycles. The van der Waals surface area contributed by atoms with Gasteiger partial charge in [-0.3, -0.25) is 10.2 Å². The molecule has 6 nitrogen and oxygen atoms in total. The predicted molar refractivity (Wildman–Crippen MR) is 167 cm³/mol. The van der Waals surface area contributed by atoms with E-state index in [0.29, 0.717) is 0 Å². The Labute approximate surface area is 237 Å². The molecule has 40 heavy (non-hydrogen) atoms. The highest BCUT2D eigenvalue weighted by Crippen LogP contribution is 2.31. The number of aromatic nitrogens is 4. The van der Waals surface area contributed by atoms with Gasteiger partial charge in [0.1, 0.15) is 0 Å². The summed E-state index contributed by atoms with van der Waals surface area (Å²) in [7, 11) is 0. The molecule has 5 aromatic rings. The van der Waals surface area contributed by atoms with Gasteiger partial charge in [0.25, 0.3) is 0 Å². The molecule has 7 rings (SSSR count). The fourth-order valence-corrected chi connectivity index (χ4v) is 5.73. The highest BCUT2D eigenvalue weighted by molar-refractivity contribution is 5.75. The van der Waals surface area contributed by atoms with E-state index in [0.717, 1.165) is 71.2 Å². The van der Waals surface area contributed by atoms with E-state index < -0.39 is 0 Å². The second-order valence-corrected chi connectivity index (χ2v) is 10.4. The Bertz CT molecular complexity index is 1400. The van der Waals surface area contributed by atoms with Crippen molar-refractivity contribution in [3.05, 3.63) is 84.9 Å². The summed E-state index contributed by atoms with van der Waals surface area (Å²) in [6.07, 6.45) is 5.15. The van der Waals surface area contributed by atoms with Gasteiger partial charge in [0, 0.05) is 48.7 Å². The fourth-order valence-electron chi connectivity index (χ4n) is 5.73. The third kappa shape index (κ3) is 5.39. The first-order valence-corrected chi connectivity index (χ1v) is 14.7. The maximum Gasteiger partial charge on any atom is 0.0927 e. The van der Waals surface area contributed by atoms with Crippen LogP contribution in [0.4, 0.5) is 11.4 Å². The van der Waals surface area contributed by atoms with Gasteiger partial charge in [-0.25, -0.2) is 0 Å². The third-order valence-corrected chi connectivity index (χ3v) is 7.91. The molecule has 2 fully saturated rings. The van der Waals surface area contributed by atoms with E-state index >= 15 is 0 Å². The van der Waals surface area contributed by atoms with Crippen molar-refractivity contribution in [2.45, 2.75) is 39.5 Å². The number of hydrogen-bond acceptors (Lipinski definition) is 4. The summed E-state index contributed by atoms with van der Waals surface area (Å²) in [6, 6.07) is 30.3. The van der Waals surface area contributed by atoms with Gasteiger partial charge in [0.2, 0.25) is 0 Å². The lowest BCUT2D eigenvalue weighted by Gasteiger charge is -2.17. The first-order chi connectivity index (χ1) is 19.8. The van der Waals surface area contributed by atoms with E-state index in [1.165, 1.54) is 37.1 Å². The van der Waals surface area contributed by atoms with Crippen LogP contribution in [0.25, 0.3) is 45.0 Å². The molecule has 0 radical (unpaired) electrons. The van der Waals surface area contributed by atoms with Gasteiger partial charge in [-0.2, -0.15) is 10.2 Å². The number of nitrogens with one attached hydrogen (secondary N) is 2. The molecular formula is C34H38N6. The zero-order valence-electron chi connectivity index (χ0n) is 23.5.